The van der Waals surface area contributed by atoms with Crippen LogP contribution in [0.2, 0.25) is 0 Å². The molecule has 23 heavy (non-hydrogen) atoms. The van der Waals surface area contributed by atoms with Crippen molar-refractivity contribution in [1.29, 1.82) is 0 Å². The van der Waals surface area contributed by atoms with Crippen LogP contribution in [0.25, 0.3) is 5.57 Å². The van der Waals surface area contributed by atoms with E-state index in [2.05, 4.69) is 10.8 Å². The van der Waals surface area contributed by atoms with Crippen molar-refractivity contribution in [1.82, 2.24) is 0 Å². The molecule has 2 bridgehead atoms. The molecule has 0 N–H and O–H groups in total. The maximum Gasteiger partial charge on any atom is 0.499 e. The molecule has 1 saturated heterocycles. The van der Waals surface area contributed by atoms with Crippen molar-refractivity contribution < 1.29 is 26.7 Å². The number of thioether (sulfide) groups is 1. The first-order valence-electron chi connectivity index (χ1n) is 7.35. The fraction of sp³-hybridized carbons (Fsp3) is 0.500. The van der Waals surface area contributed by atoms with E-state index >= 15 is 0 Å². The number of rotatable bonds is 3. The van der Waals surface area contributed by atoms with Gasteiger partial charge >= 0.3 is 12.3 Å². The van der Waals surface area contributed by atoms with Gasteiger partial charge in [0.25, 0.3) is 0 Å². The minimum Gasteiger partial charge on any atom is -0.426 e. The fourth-order valence-corrected chi connectivity index (χ4v) is 4.52. The summed E-state index contributed by atoms with van der Waals surface area (Å²) in [6, 6.07) is 5.40. The molecule has 2 heterocycles. The zero-order valence-corrected chi connectivity index (χ0v) is 12.9. The third-order valence-corrected chi connectivity index (χ3v) is 5.53. The zero-order chi connectivity index (χ0) is 16.7. The largest absolute Gasteiger partial charge is 0.499 e. The Morgan fingerprint density at radius 3 is 2.30 bits per heavy atom. The third-order valence-electron chi connectivity index (χ3n) is 4.02. The van der Waals surface area contributed by atoms with Gasteiger partial charge in [-0.3, -0.25) is 0 Å². The van der Waals surface area contributed by atoms with Crippen LogP contribution in [0.1, 0.15) is 31.2 Å². The molecular weight excluding hydrogens is 335 g/mol. The van der Waals surface area contributed by atoms with Gasteiger partial charge in [0.15, 0.2) is 0 Å². The minimum absolute atomic E-state index is 0.475. The lowest BCUT2D eigenvalue weighted by Gasteiger charge is -2.33. The standard InChI is InChI=1S/C16H15F5OS/c17-15(18,19)16(20,21)22-12-6-4-10(5-7-12)11-8-13-2-1-3-14(9-11)23-13/h4-8,13-14H,1-3,9H2. The topological polar surface area (TPSA) is 9.23 Å². The molecule has 126 valence electrons. The van der Waals surface area contributed by atoms with Crippen molar-refractivity contribution in [3.8, 4) is 5.75 Å². The molecule has 2 atom stereocenters. The van der Waals surface area contributed by atoms with Gasteiger partial charge in [-0.25, -0.2) is 0 Å². The zero-order valence-electron chi connectivity index (χ0n) is 12.1. The lowest BCUT2D eigenvalue weighted by molar-refractivity contribution is -0.360. The summed E-state index contributed by atoms with van der Waals surface area (Å²) in [6.07, 6.45) is -4.33. The van der Waals surface area contributed by atoms with Crippen LogP contribution in [0.4, 0.5) is 22.0 Å². The van der Waals surface area contributed by atoms with Crippen LogP contribution in [0.3, 0.4) is 0 Å². The van der Waals surface area contributed by atoms with E-state index in [0.29, 0.717) is 10.5 Å². The van der Waals surface area contributed by atoms with Gasteiger partial charge in [-0.1, -0.05) is 24.6 Å². The molecule has 2 aliphatic rings. The Hall–Kier alpha value is -1.24. The average molecular weight is 350 g/mol. The summed E-state index contributed by atoms with van der Waals surface area (Å²) in [4.78, 5) is 0. The molecule has 1 fully saturated rings. The van der Waals surface area contributed by atoms with Gasteiger partial charge in [-0.15, -0.1) is 0 Å². The van der Waals surface area contributed by atoms with Gasteiger partial charge < -0.3 is 4.74 Å². The highest BCUT2D eigenvalue weighted by molar-refractivity contribution is 8.00. The highest BCUT2D eigenvalue weighted by Gasteiger charge is 2.61. The summed E-state index contributed by atoms with van der Waals surface area (Å²) in [5, 5.41) is 1.04. The monoisotopic (exact) mass is 350 g/mol. The molecule has 3 rings (SSSR count). The highest BCUT2D eigenvalue weighted by atomic mass is 32.2. The summed E-state index contributed by atoms with van der Waals surface area (Å²) in [5.74, 6) is -0.498. The first-order valence-corrected chi connectivity index (χ1v) is 8.29. The third kappa shape index (κ3) is 3.65. The molecule has 1 aromatic carbocycles. The number of alkyl halides is 5. The van der Waals surface area contributed by atoms with Crippen molar-refractivity contribution in [2.45, 2.75) is 48.5 Å². The Balaban J connectivity index is 1.74. The molecule has 0 amide bonds. The number of benzene rings is 1. The SMILES string of the molecule is FC(F)(F)C(F)(F)Oc1ccc(C2=CC3CCCC(C2)S3)cc1. The van der Waals surface area contributed by atoms with Crippen molar-refractivity contribution in [3.05, 3.63) is 35.9 Å². The molecule has 0 aromatic heterocycles. The Kier molecular flexibility index (Phi) is 4.33. The molecule has 0 aliphatic carbocycles. The van der Waals surface area contributed by atoms with Crippen LogP contribution in [0, 0.1) is 0 Å². The number of fused-ring (bicyclic) bond motifs is 2. The number of hydrogen-bond donors (Lipinski definition) is 0. The minimum atomic E-state index is -5.73. The molecule has 1 aromatic rings. The van der Waals surface area contributed by atoms with Crippen LogP contribution >= 0.6 is 11.8 Å². The molecule has 2 aliphatic heterocycles. The van der Waals surface area contributed by atoms with Gasteiger partial charge in [-0.2, -0.15) is 33.7 Å². The molecule has 0 spiro atoms. The van der Waals surface area contributed by atoms with Crippen molar-refractivity contribution in [2.24, 2.45) is 0 Å². The lowest BCUT2D eigenvalue weighted by atomic mass is 9.93. The number of hydrogen-bond acceptors (Lipinski definition) is 2. The van der Waals surface area contributed by atoms with E-state index < -0.39 is 18.0 Å². The summed E-state index contributed by atoms with van der Waals surface area (Å²) in [6.45, 7) is 0. The van der Waals surface area contributed by atoms with Crippen LogP contribution in [-0.2, 0) is 0 Å². The Morgan fingerprint density at radius 2 is 1.70 bits per heavy atom. The summed E-state index contributed by atoms with van der Waals surface area (Å²) < 4.78 is 65.9. The molecule has 0 saturated carbocycles. The predicted octanol–water partition coefficient (Wildman–Crippen LogP) is 5.66. The second-order valence-corrected chi connectivity index (χ2v) is 7.31. The van der Waals surface area contributed by atoms with E-state index in [1.165, 1.54) is 6.42 Å². The fourth-order valence-electron chi connectivity index (χ4n) is 2.90. The van der Waals surface area contributed by atoms with Crippen LogP contribution < -0.4 is 4.74 Å². The van der Waals surface area contributed by atoms with Crippen LogP contribution in [0.15, 0.2) is 30.3 Å². The normalized spacial score (nSPS) is 25.0. The van der Waals surface area contributed by atoms with Crippen LogP contribution in [-0.4, -0.2) is 22.8 Å². The number of halogens is 5. The molecule has 1 nitrogen and oxygen atoms in total. The smallest absolute Gasteiger partial charge is 0.426 e. The van der Waals surface area contributed by atoms with E-state index in [-0.39, 0.29) is 0 Å². The maximum absolute atomic E-state index is 12.9. The van der Waals surface area contributed by atoms with Crippen molar-refractivity contribution in [2.75, 3.05) is 0 Å². The quantitative estimate of drug-likeness (QED) is 0.650. The van der Waals surface area contributed by atoms with Gasteiger partial charge in [0.2, 0.25) is 0 Å². The first-order chi connectivity index (χ1) is 10.7. The Bertz CT molecular complexity index is 593. The number of allylic oxidation sites excluding steroid dienone is 1. The van der Waals surface area contributed by atoms with Crippen molar-refractivity contribution >= 4 is 17.3 Å². The molecular formula is C16H15F5OS. The van der Waals surface area contributed by atoms with E-state index in [9.17, 15) is 22.0 Å². The second-order valence-electron chi connectivity index (χ2n) is 5.76. The second kappa shape index (κ2) is 6.00. The summed E-state index contributed by atoms with van der Waals surface area (Å²) in [5.41, 5.74) is 1.98. The Labute approximate surface area is 134 Å². The molecule has 0 radical (unpaired) electrons. The van der Waals surface area contributed by atoms with E-state index in [1.807, 2.05) is 11.8 Å². The highest BCUT2D eigenvalue weighted by Crippen LogP contribution is 2.43. The lowest BCUT2D eigenvalue weighted by Crippen LogP contribution is -2.41. The van der Waals surface area contributed by atoms with E-state index in [1.54, 1.807) is 12.1 Å². The summed E-state index contributed by atoms with van der Waals surface area (Å²) in [7, 11) is 0. The predicted molar refractivity (Wildman–Crippen MR) is 79.7 cm³/mol. The van der Waals surface area contributed by atoms with Gasteiger partial charge in [0.1, 0.15) is 5.75 Å². The molecule has 7 heteroatoms. The maximum atomic E-state index is 12.9. The van der Waals surface area contributed by atoms with Crippen molar-refractivity contribution in [3.63, 3.8) is 0 Å². The first kappa shape index (κ1) is 16.6. The summed E-state index contributed by atoms with van der Waals surface area (Å²) >= 11 is 1.96. The molecule has 2 unspecified atom stereocenters. The van der Waals surface area contributed by atoms with Gasteiger partial charge in [-0.05, 0) is 42.5 Å². The van der Waals surface area contributed by atoms with Gasteiger partial charge in [0, 0.05) is 10.5 Å². The average Bonchev–Trinajstić information content (AvgIpc) is 2.46. The van der Waals surface area contributed by atoms with Gasteiger partial charge in [0.05, 0.1) is 0 Å². The Morgan fingerprint density at radius 1 is 1.00 bits per heavy atom. The van der Waals surface area contributed by atoms with E-state index in [0.717, 1.165) is 42.5 Å². The van der Waals surface area contributed by atoms with E-state index in [4.69, 9.17) is 0 Å². The van der Waals surface area contributed by atoms with Crippen LogP contribution in [0.5, 0.6) is 5.75 Å². The number of ether oxygens (including phenoxy) is 1.